The van der Waals surface area contributed by atoms with Crippen LogP contribution in [0.1, 0.15) is 63.8 Å². The van der Waals surface area contributed by atoms with Crippen molar-refractivity contribution in [2.45, 2.75) is 67.3 Å². The lowest BCUT2D eigenvalue weighted by molar-refractivity contribution is 0.618. The molecule has 392 valence electrons. The fourth-order valence-corrected chi connectivity index (χ4v) is 11.9. The fraction of sp³-hybridized carbons (Fsp3) is 0.135. The zero-order valence-electron chi connectivity index (χ0n) is 47.0. The number of anilines is 5. The Hall–Kier alpha value is -8.90. The molecule has 0 aliphatic rings. The molecule has 0 amide bonds. The van der Waals surface area contributed by atoms with Gasteiger partial charge in [0.05, 0.1) is 28.3 Å². The summed E-state index contributed by atoms with van der Waals surface area (Å²) in [7, 11) is 0. The summed E-state index contributed by atoms with van der Waals surface area (Å²) in [6.07, 6.45) is 10.1. The van der Waals surface area contributed by atoms with E-state index in [2.05, 4.69) is 276 Å². The molecule has 0 saturated carbocycles. The Labute approximate surface area is 472 Å². The highest BCUT2D eigenvalue weighted by atomic mass is 32.1. The first-order valence-electron chi connectivity index (χ1n) is 27.0. The minimum absolute atomic E-state index is 0.244. The summed E-state index contributed by atoms with van der Waals surface area (Å²) in [5.74, 6) is 0. The number of benzene rings is 9. The lowest BCUT2D eigenvalue weighted by atomic mass is 9.76. The summed E-state index contributed by atoms with van der Waals surface area (Å²) < 4.78 is 2.45. The van der Waals surface area contributed by atoms with Gasteiger partial charge < -0.3 is 9.80 Å². The number of thiophene rings is 1. The van der Waals surface area contributed by atoms with E-state index in [9.17, 15) is 0 Å². The molecule has 0 N–H and O–H groups in total. The molecule has 0 unspecified atom stereocenters. The third-order valence-corrected chi connectivity index (χ3v) is 16.2. The summed E-state index contributed by atoms with van der Waals surface area (Å²) in [5, 5.41) is 7.23. The van der Waals surface area contributed by atoms with Crippen molar-refractivity contribution in [1.82, 2.24) is 0 Å². The predicted molar refractivity (Wildman–Crippen MR) is 349 cm³/mol. The van der Waals surface area contributed by atoms with E-state index >= 15 is 0 Å². The van der Waals surface area contributed by atoms with E-state index in [-0.39, 0.29) is 5.41 Å². The molecule has 1 heterocycles. The second-order valence-electron chi connectivity index (χ2n) is 20.7. The fourth-order valence-electron chi connectivity index (χ4n) is 10.6. The molecule has 0 fully saturated rings. The number of nitrogens with zero attached hydrogens (tertiary/aromatic N) is 4. The molecule has 4 nitrogen and oxygen atoms in total. The van der Waals surface area contributed by atoms with E-state index in [1.165, 1.54) is 75.1 Å². The zero-order chi connectivity index (χ0) is 55.8. The van der Waals surface area contributed by atoms with Crippen molar-refractivity contribution in [2.75, 3.05) is 9.80 Å². The van der Waals surface area contributed by atoms with Gasteiger partial charge in [-0.3, -0.25) is 9.98 Å². The van der Waals surface area contributed by atoms with E-state index in [1.54, 1.807) is 6.08 Å². The Morgan fingerprint density at radius 1 is 0.595 bits per heavy atom. The first-order valence-corrected chi connectivity index (χ1v) is 27.8. The molecular formula is C74H70N4S. The van der Waals surface area contributed by atoms with Crippen LogP contribution in [-0.2, 0) is 12.0 Å². The molecule has 0 radical (unpaired) electrons. The molecule has 10 aromatic rings. The summed E-state index contributed by atoms with van der Waals surface area (Å²) in [6, 6.07) is 68.6. The van der Waals surface area contributed by atoms with Crippen molar-refractivity contribution >= 4 is 93.9 Å². The SMILES string of the molecule is C=C/C=C(\C=C(/C)C(C)(C)c1ccccc1C)N(c1ccc(-c2ccccc2)cc1)c1cccc2c1sc1c3ccccc3c(N(c3ccc(CN=C(C)/C=C(\N=C)C(=C)C)cc3)c3ccc4ccccc4c3C)cc21.C=CC. The maximum Gasteiger partial charge on any atom is 0.0663 e. The maximum atomic E-state index is 4.90. The van der Waals surface area contributed by atoms with Crippen molar-refractivity contribution in [1.29, 1.82) is 0 Å². The highest BCUT2D eigenvalue weighted by molar-refractivity contribution is 7.27. The van der Waals surface area contributed by atoms with Crippen LogP contribution in [0.3, 0.4) is 0 Å². The third-order valence-electron chi connectivity index (χ3n) is 15.0. The van der Waals surface area contributed by atoms with Crippen LogP contribution in [0.25, 0.3) is 52.8 Å². The van der Waals surface area contributed by atoms with Crippen LogP contribution in [0.5, 0.6) is 0 Å². The van der Waals surface area contributed by atoms with E-state index in [0.29, 0.717) is 6.54 Å². The molecule has 0 bridgehead atoms. The smallest absolute Gasteiger partial charge is 0.0663 e. The van der Waals surface area contributed by atoms with E-state index in [4.69, 9.17) is 4.99 Å². The average Bonchev–Trinajstić information content (AvgIpc) is 4.13. The quantitative estimate of drug-likeness (QED) is 0.0549. The zero-order valence-corrected chi connectivity index (χ0v) is 47.8. The molecular weight excluding hydrogens is 977 g/mol. The van der Waals surface area contributed by atoms with E-state index in [1.807, 2.05) is 44.3 Å². The summed E-state index contributed by atoms with van der Waals surface area (Å²) >= 11 is 1.87. The molecule has 0 atom stereocenters. The van der Waals surface area contributed by atoms with Crippen molar-refractivity contribution in [3.8, 4) is 11.1 Å². The number of allylic oxidation sites excluding steroid dienone is 7. The Kier molecular flexibility index (Phi) is 16.8. The highest BCUT2D eigenvalue weighted by Crippen LogP contribution is 2.50. The van der Waals surface area contributed by atoms with Crippen LogP contribution in [0.15, 0.2) is 271 Å². The normalized spacial score (nSPS) is 12.4. The second kappa shape index (κ2) is 24.2. The monoisotopic (exact) mass is 1050 g/mol. The van der Waals surface area contributed by atoms with Gasteiger partial charge in [0, 0.05) is 60.1 Å². The first kappa shape index (κ1) is 54.9. The van der Waals surface area contributed by atoms with Gasteiger partial charge >= 0.3 is 0 Å². The third kappa shape index (κ3) is 11.4. The van der Waals surface area contributed by atoms with Gasteiger partial charge in [-0.2, -0.15) is 0 Å². The average molecular weight is 1050 g/mol. The van der Waals surface area contributed by atoms with Crippen molar-refractivity contribution < 1.29 is 0 Å². The lowest BCUT2D eigenvalue weighted by Gasteiger charge is -2.32. The Bertz CT molecular complexity index is 4030. The second-order valence-corrected chi connectivity index (χ2v) is 21.7. The first-order chi connectivity index (χ1) is 38.3. The lowest BCUT2D eigenvalue weighted by Crippen LogP contribution is -2.22. The van der Waals surface area contributed by atoms with Gasteiger partial charge in [0.25, 0.3) is 0 Å². The topological polar surface area (TPSA) is 31.2 Å². The number of hydrogen-bond acceptors (Lipinski definition) is 5. The molecule has 9 aromatic carbocycles. The number of fused-ring (bicyclic) bond motifs is 6. The molecule has 10 rings (SSSR count). The standard InChI is InChI=1S/C71H64N4S.C3H6/c1-11-22-58(43-49(5)71(8,9)64-31-20-15-23-48(64)4)74(56-40-35-54(36-41-56)53-24-13-12-14-25-53)67-32-21-30-62-63-45-68(60-28-18-19-29-61(60)69(63)76-70(62)67)75(66-42-37-55-26-16-17-27-59(55)51(66)7)57-38-33-52(34-39-57)46-73-50(6)44-65(72-10)47(2)3;1-3-2/h11-45H,1-2,10,46H2,3-9H3;3H,1H2,2H3/b49-43+,58-22+,65-44-,73-50?;. The van der Waals surface area contributed by atoms with Crippen molar-refractivity contribution in [3.63, 3.8) is 0 Å². The van der Waals surface area contributed by atoms with Gasteiger partial charge in [-0.15, -0.1) is 17.9 Å². The largest absolute Gasteiger partial charge is 0.310 e. The Balaban J connectivity index is 0.00000247. The van der Waals surface area contributed by atoms with Crippen LogP contribution in [0.2, 0.25) is 0 Å². The molecule has 0 aliphatic carbocycles. The van der Waals surface area contributed by atoms with Crippen LogP contribution >= 0.6 is 11.3 Å². The summed E-state index contributed by atoms with van der Waals surface area (Å²) in [5.41, 5.74) is 17.2. The van der Waals surface area contributed by atoms with Gasteiger partial charge in [-0.05, 0) is 159 Å². The van der Waals surface area contributed by atoms with Crippen LogP contribution in [0, 0.1) is 13.8 Å². The number of hydrogen-bond donors (Lipinski definition) is 0. The van der Waals surface area contributed by atoms with Crippen molar-refractivity contribution in [2.24, 2.45) is 9.98 Å². The Morgan fingerprint density at radius 2 is 1.20 bits per heavy atom. The summed E-state index contributed by atoms with van der Waals surface area (Å²) in [6.45, 7) is 33.2. The highest BCUT2D eigenvalue weighted by Gasteiger charge is 2.28. The van der Waals surface area contributed by atoms with Crippen LogP contribution < -0.4 is 9.80 Å². The van der Waals surface area contributed by atoms with Crippen LogP contribution in [-0.4, -0.2) is 12.4 Å². The summed E-state index contributed by atoms with van der Waals surface area (Å²) in [4.78, 5) is 13.9. The predicted octanol–water partition coefficient (Wildman–Crippen LogP) is 21.6. The maximum absolute atomic E-state index is 4.90. The van der Waals surface area contributed by atoms with Gasteiger partial charge in [0.15, 0.2) is 0 Å². The van der Waals surface area contributed by atoms with Gasteiger partial charge in [-0.25, -0.2) is 0 Å². The number of aryl methyl sites for hydroxylation is 2. The molecule has 0 spiro atoms. The van der Waals surface area contributed by atoms with Gasteiger partial charge in [-0.1, -0.05) is 190 Å². The minimum atomic E-state index is -0.244. The number of aliphatic imine (C=N–C) groups is 2. The van der Waals surface area contributed by atoms with Crippen LogP contribution in [0.4, 0.5) is 28.4 Å². The van der Waals surface area contributed by atoms with Gasteiger partial charge in [0.2, 0.25) is 0 Å². The molecule has 0 saturated heterocycles. The van der Waals surface area contributed by atoms with Crippen molar-refractivity contribution in [3.05, 3.63) is 283 Å². The minimum Gasteiger partial charge on any atom is -0.310 e. The molecule has 0 aliphatic heterocycles. The molecule has 1 aromatic heterocycles. The molecule has 5 heteroatoms. The molecule has 79 heavy (non-hydrogen) atoms. The van der Waals surface area contributed by atoms with E-state index in [0.717, 1.165) is 56.7 Å². The van der Waals surface area contributed by atoms with E-state index < -0.39 is 0 Å². The number of rotatable bonds is 16. The van der Waals surface area contributed by atoms with Gasteiger partial charge in [0.1, 0.15) is 0 Å². The Morgan fingerprint density at radius 3 is 1.89 bits per heavy atom.